The minimum Gasteiger partial charge on any atom is -0.477 e. The second-order valence-electron chi connectivity index (χ2n) is 9.59. The fourth-order valence-corrected chi connectivity index (χ4v) is 5.24. The minimum atomic E-state index is 0.182. The quantitative estimate of drug-likeness (QED) is 0.742. The molecular formula is C23H35N5O. The summed E-state index contributed by atoms with van der Waals surface area (Å²) in [6.45, 7) is 3.92. The molecule has 3 aliphatic rings. The van der Waals surface area contributed by atoms with Gasteiger partial charge in [-0.1, -0.05) is 6.42 Å². The molecule has 1 spiro atoms. The van der Waals surface area contributed by atoms with Gasteiger partial charge in [-0.3, -0.25) is 0 Å². The molecule has 0 radical (unpaired) electrons. The van der Waals surface area contributed by atoms with Gasteiger partial charge in [-0.2, -0.15) is 10.2 Å². The molecule has 0 aromatic carbocycles. The van der Waals surface area contributed by atoms with E-state index < -0.39 is 0 Å². The highest BCUT2D eigenvalue weighted by atomic mass is 16.5. The molecule has 6 nitrogen and oxygen atoms in total. The molecule has 3 fully saturated rings. The smallest absolute Gasteiger partial charge is 0.237 e. The summed E-state index contributed by atoms with van der Waals surface area (Å²) >= 11 is 0. The van der Waals surface area contributed by atoms with Crippen LogP contribution in [0.5, 0.6) is 5.88 Å². The number of likely N-dealkylation sites (tertiary alicyclic amines) is 1. The van der Waals surface area contributed by atoms with E-state index in [4.69, 9.17) is 4.74 Å². The van der Waals surface area contributed by atoms with Gasteiger partial charge in [0.1, 0.15) is 11.9 Å². The van der Waals surface area contributed by atoms with E-state index in [-0.39, 0.29) is 5.82 Å². The van der Waals surface area contributed by atoms with Gasteiger partial charge >= 0.3 is 0 Å². The van der Waals surface area contributed by atoms with Crippen molar-refractivity contribution in [2.45, 2.75) is 64.2 Å². The van der Waals surface area contributed by atoms with Crippen LogP contribution in [-0.4, -0.2) is 48.2 Å². The third-order valence-corrected chi connectivity index (χ3v) is 7.57. The standard InChI is InChI=1S/C23H35N5O/c1-28-12-5-18(6-13-28)7-14-29-22-15-20(26-21(16-24)27-22)25-17-19-3-10-23(11-4-19)8-2-9-23/h15,18-19H,2-14,17H2,1H3,(H,25,26,27). The Kier molecular flexibility index (Phi) is 6.54. The number of nitrogens with one attached hydrogen (secondary N) is 1. The maximum Gasteiger partial charge on any atom is 0.237 e. The SMILES string of the molecule is CN1CCC(CCOc2cc(NCC3CCC4(CCC4)CC3)nc(C#N)n2)CC1. The third-order valence-electron chi connectivity index (χ3n) is 7.57. The number of aromatic nitrogens is 2. The molecule has 1 saturated heterocycles. The van der Waals surface area contributed by atoms with Crippen molar-refractivity contribution in [3.63, 3.8) is 0 Å². The van der Waals surface area contributed by atoms with E-state index >= 15 is 0 Å². The Morgan fingerprint density at radius 1 is 1.14 bits per heavy atom. The van der Waals surface area contributed by atoms with Crippen LogP contribution < -0.4 is 10.1 Å². The minimum absolute atomic E-state index is 0.182. The van der Waals surface area contributed by atoms with Crippen LogP contribution in [0.2, 0.25) is 0 Å². The summed E-state index contributed by atoms with van der Waals surface area (Å²) in [4.78, 5) is 11.0. The monoisotopic (exact) mass is 397 g/mol. The molecule has 0 bridgehead atoms. The predicted octanol–water partition coefficient (Wildman–Crippen LogP) is 4.23. The zero-order chi connectivity index (χ0) is 20.1. The Morgan fingerprint density at radius 3 is 2.55 bits per heavy atom. The average Bonchev–Trinajstić information content (AvgIpc) is 2.73. The normalized spacial score (nSPS) is 22.8. The molecule has 1 aromatic rings. The maximum absolute atomic E-state index is 9.29. The van der Waals surface area contributed by atoms with Gasteiger partial charge in [-0.05, 0) is 95.2 Å². The van der Waals surface area contributed by atoms with Gasteiger partial charge in [0.2, 0.25) is 11.7 Å². The highest BCUT2D eigenvalue weighted by molar-refractivity contribution is 5.40. The lowest BCUT2D eigenvalue weighted by Crippen LogP contribution is -2.35. The van der Waals surface area contributed by atoms with Crippen molar-refractivity contribution in [3.8, 4) is 11.9 Å². The van der Waals surface area contributed by atoms with Crippen molar-refractivity contribution < 1.29 is 4.74 Å². The lowest BCUT2D eigenvalue weighted by Gasteiger charge is -2.47. The average molecular weight is 398 g/mol. The first-order chi connectivity index (χ1) is 14.1. The Morgan fingerprint density at radius 2 is 1.90 bits per heavy atom. The first-order valence-corrected chi connectivity index (χ1v) is 11.5. The largest absolute Gasteiger partial charge is 0.477 e. The Hall–Kier alpha value is -1.87. The summed E-state index contributed by atoms with van der Waals surface area (Å²) in [6.07, 6.45) is 13.2. The summed E-state index contributed by atoms with van der Waals surface area (Å²) in [5.74, 6) is 2.85. The molecule has 2 aliphatic carbocycles. The Labute approximate surface area is 175 Å². The van der Waals surface area contributed by atoms with Crippen LogP contribution in [0, 0.1) is 28.6 Å². The fraction of sp³-hybridized carbons (Fsp3) is 0.783. The first-order valence-electron chi connectivity index (χ1n) is 11.5. The van der Waals surface area contributed by atoms with Crippen molar-refractivity contribution in [1.82, 2.24) is 14.9 Å². The summed E-state index contributed by atoms with van der Waals surface area (Å²) in [5.41, 5.74) is 0.703. The van der Waals surface area contributed by atoms with Crippen LogP contribution in [0.4, 0.5) is 5.82 Å². The molecule has 6 heteroatoms. The van der Waals surface area contributed by atoms with Crippen LogP contribution >= 0.6 is 0 Å². The molecule has 1 aliphatic heterocycles. The topological polar surface area (TPSA) is 74.1 Å². The van der Waals surface area contributed by atoms with E-state index in [1.54, 1.807) is 0 Å². The molecule has 1 N–H and O–H groups in total. The molecule has 0 atom stereocenters. The molecular weight excluding hydrogens is 362 g/mol. The number of anilines is 1. The summed E-state index contributed by atoms with van der Waals surface area (Å²) in [6, 6.07) is 3.92. The van der Waals surface area contributed by atoms with Crippen LogP contribution in [0.15, 0.2) is 6.07 Å². The van der Waals surface area contributed by atoms with Crippen molar-refractivity contribution in [1.29, 1.82) is 5.26 Å². The zero-order valence-electron chi connectivity index (χ0n) is 17.8. The fourth-order valence-electron chi connectivity index (χ4n) is 5.24. The van der Waals surface area contributed by atoms with E-state index in [0.29, 0.717) is 23.8 Å². The second kappa shape index (κ2) is 9.30. The number of hydrogen-bond donors (Lipinski definition) is 1. The van der Waals surface area contributed by atoms with Crippen LogP contribution in [-0.2, 0) is 0 Å². The number of ether oxygens (including phenoxy) is 1. The summed E-state index contributed by atoms with van der Waals surface area (Å²) in [7, 11) is 2.18. The third kappa shape index (κ3) is 5.39. The highest BCUT2D eigenvalue weighted by Gasteiger charge is 2.39. The molecule has 0 amide bonds. The van der Waals surface area contributed by atoms with Crippen molar-refractivity contribution >= 4 is 5.82 Å². The molecule has 2 saturated carbocycles. The summed E-state index contributed by atoms with van der Waals surface area (Å²) < 4.78 is 5.90. The number of hydrogen-bond acceptors (Lipinski definition) is 6. The maximum atomic E-state index is 9.29. The number of nitrogens with zero attached hydrogens (tertiary/aromatic N) is 4. The van der Waals surface area contributed by atoms with Crippen molar-refractivity contribution in [2.75, 3.05) is 38.6 Å². The van der Waals surface area contributed by atoms with E-state index in [2.05, 4.69) is 33.3 Å². The zero-order valence-corrected chi connectivity index (χ0v) is 17.8. The number of piperidine rings is 1. The van der Waals surface area contributed by atoms with Crippen LogP contribution in [0.3, 0.4) is 0 Å². The summed E-state index contributed by atoms with van der Waals surface area (Å²) in [5, 5.41) is 12.7. The van der Waals surface area contributed by atoms with Gasteiger partial charge in [0.05, 0.1) is 6.61 Å². The number of nitriles is 1. The van der Waals surface area contributed by atoms with E-state index in [1.165, 1.54) is 70.9 Å². The lowest BCUT2D eigenvalue weighted by molar-refractivity contribution is 0.0581. The lowest BCUT2D eigenvalue weighted by atomic mass is 9.59. The molecule has 4 rings (SSSR count). The van der Waals surface area contributed by atoms with E-state index in [1.807, 2.05) is 6.07 Å². The molecule has 158 valence electrons. The van der Waals surface area contributed by atoms with Crippen molar-refractivity contribution in [2.24, 2.45) is 17.3 Å². The van der Waals surface area contributed by atoms with Gasteiger partial charge < -0.3 is 15.0 Å². The van der Waals surface area contributed by atoms with Gasteiger partial charge in [0.25, 0.3) is 0 Å². The van der Waals surface area contributed by atoms with E-state index in [9.17, 15) is 5.26 Å². The Balaban J connectivity index is 1.25. The number of rotatable bonds is 7. The van der Waals surface area contributed by atoms with Crippen LogP contribution in [0.1, 0.15) is 70.0 Å². The van der Waals surface area contributed by atoms with Gasteiger partial charge in [0.15, 0.2) is 0 Å². The molecule has 0 unspecified atom stereocenters. The molecule has 1 aromatic heterocycles. The van der Waals surface area contributed by atoms with E-state index in [0.717, 1.165) is 24.7 Å². The van der Waals surface area contributed by atoms with Gasteiger partial charge in [0, 0.05) is 12.6 Å². The molecule has 2 heterocycles. The van der Waals surface area contributed by atoms with Crippen LogP contribution in [0.25, 0.3) is 0 Å². The predicted molar refractivity (Wildman–Crippen MR) is 114 cm³/mol. The van der Waals surface area contributed by atoms with Crippen molar-refractivity contribution in [3.05, 3.63) is 11.9 Å². The second-order valence-corrected chi connectivity index (χ2v) is 9.59. The Bertz CT molecular complexity index is 708. The van der Waals surface area contributed by atoms with Gasteiger partial charge in [-0.15, -0.1) is 0 Å². The highest BCUT2D eigenvalue weighted by Crippen LogP contribution is 2.52. The van der Waals surface area contributed by atoms with Gasteiger partial charge in [-0.25, -0.2) is 4.98 Å². The molecule has 29 heavy (non-hydrogen) atoms. The first kappa shape index (κ1) is 20.4.